The summed E-state index contributed by atoms with van der Waals surface area (Å²) in [4.78, 5) is 0. The van der Waals surface area contributed by atoms with Crippen LogP contribution in [0.2, 0.25) is 0 Å². The lowest BCUT2D eigenvalue weighted by atomic mass is 9.90. The summed E-state index contributed by atoms with van der Waals surface area (Å²) in [6, 6.07) is 19.5. The first kappa shape index (κ1) is 11.7. The summed E-state index contributed by atoms with van der Waals surface area (Å²) in [5.74, 6) is 0. The molecule has 1 N–H and O–H groups in total. The van der Waals surface area contributed by atoms with Gasteiger partial charge in [0.1, 0.15) is 0 Å². The highest BCUT2D eigenvalue weighted by molar-refractivity contribution is 6.23. The van der Waals surface area contributed by atoms with Crippen molar-refractivity contribution >= 4 is 32.3 Å². The van der Waals surface area contributed by atoms with Crippen LogP contribution in [0.4, 0.5) is 0 Å². The Kier molecular flexibility index (Phi) is 2.45. The molecule has 20 heavy (non-hydrogen) atoms. The second kappa shape index (κ2) is 4.19. The number of hydrogen-bond acceptors (Lipinski definition) is 1. The van der Waals surface area contributed by atoms with Gasteiger partial charge in [-0.05, 0) is 51.2 Å². The highest BCUT2D eigenvalue weighted by Gasteiger charge is 2.12. The summed E-state index contributed by atoms with van der Waals surface area (Å²) in [5.41, 5.74) is 1.23. The lowest BCUT2D eigenvalue weighted by molar-refractivity contribution is 0.196. The molecule has 0 amide bonds. The van der Waals surface area contributed by atoms with Gasteiger partial charge in [-0.15, -0.1) is 0 Å². The average molecular weight is 260 g/mol. The molecule has 0 aromatic heterocycles. The van der Waals surface area contributed by atoms with Gasteiger partial charge in [0.2, 0.25) is 0 Å². The fourth-order valence-electron chi connectivity index (χ4n) is 3.32. The molecule has 0 bridgehead atoms. The molecule has 4 rings (SSSR count). The Morgan fingerprint density at radius 2 is 1.50 bits per heavy atom. The van der Waals surface area contributed by atoms with E-state index in [0.29, 0.717) is 6.42 Å². The van der Waals surface area contributed by atoms with Gasteiger partial charge in [-0.25, -0.2) is 0 Å². The maximum Gasteiger partial charge on any atom is 0.0552 e. The van der Waals surface area contributed by atoms with Crippen LogP contribution in [0.5, 0.6) is 0 Å². The molecule has 0 saturated heterocycles. The van der Waals surface area contributed by atoms with Crippen molar-refractivity contribution < 1.29 is 5.11 Å². The number of aliphatic hydroxyl groups excluding tert-OH is 1. The highest BCUT2D eigenvalue weighted by atomic mass is 16.3. The molecular weight excluding hydrogens is 244 g/mol. The molecular formula is C19H16O. The molecule has 4 aromatic rings. The van der Waals surface area contributed by atoms with Crippen molar-refractivity contribution in [1.82, 2.24) is 0 Å². The molecule has 0 aliphatic carbocycles. The summed E-state index contributed by atoms with van der Waals surface area (Å²) in [7, 11) is 0. The van der Waals surface area contributed by atoms with Gasteiger partial charge in [0.25, 0.3) is 0 Å². The van der Waals surface area contributed by atoms with E-state index in [0.717, 1.165) is 0 Å². The van der Waals surface area contributed by atoms with Crippen molar-refractivity contribution in [3.05, 3.63) is 60.2 Å². The minimum Gasteiger partial charge on any atom is -0.393 e. The van der Waals surface area contributed by atoms with Gasteiger partial charge in [0.15, 0.2) is 0 Å². The maximum absolute atomic E-state index is 9.76. The molecule has 4 aromatic carbocycles. The Labute approximate surface area is 117 Å². The van der Waals surface area contributed by atoms with Crippen molar-refractivity contribution in [2.75, 3.05) is 0 Å². The summed E-state index contributed by atoms with van der Waals surface area (Å²) < 4.78 is 0. The van der Waals surface area contributed by atoms with Crippen LogP contribution in [0.1, 0.15) is 12.5 Å². The van der Waals surface area contributed by atoms with E-state index in [9.17, 15) is 5.11 Å². The fraction of sp³-hybridized carbons (Fsp3) is 0.158. The van der Waals surface area contributed by atoms with E-state index < -0.39 is 0 Å². The van der Waals surface area contributed by atoms with Crippen LogP contribution in [0.25, 0.3) is 32.3 Å². The van der Waals surface area contributed by atoms with Crippen molar-refractivity contribution in [2.45, 2.75) is 19.4 Å². The normalized spacial score (nSPS) is 13.5. The van der Waals surface area contributed by atoms with Crippen molar-refractivity contribution in [3.63, 3.8) is 0 Å². The summed E-state index contributed by atoms with van der Waals surface area (Å²) in [6.07, 6.45) is 0.380. The third-order valence-corrected chi connectivity index (χ3v) is 4.11. The van der Waals surface area contributed by atoms with E-state index >= 15 is 0 Å². The van der Waals surface area contributed by atoms with Crippen LogP contribution in [0.15, 0.2) is 54.6 Å². The smallest absolute Gasteiger partial charge is 0.0552 e. The Morgan fingerprint density at radius 3 is 2.25 bits per heavy atom. The first-order chi connectivity index (χ1) is 9.74. The van der Waals surface area contributed by atoms with Gasteiger partial charge in [-0.3, -0.25) is 0 Å². The Balaban J connectivity index is 2.24. The zero-order chi connectivity index (χ0) is 13.7. The quantitative estimate of drug-likeness (QED) is 0.526. The van der Waals surface area contributed by atoms with Gasteiger partial charge in [0.05, 0.1) is 6.10 Å². The molecule has 1 heteroatoms. The molecule has 0 radical (unpaired) electrons. The molecule has 1 nitrogen and oxygen atoms in total. The third-order valence-electron chi connectivity index (χ3n) is 4.11. The first-order valence-electron chi connectivity index (χ1n) is 7.07. The Morgan fingerprint density at radius 1 is 0.850 bits per heavy atom. The lowest BCUT2D eigenvalue weighted by Gasteiger charge is -2.15. The van der Waals surface area contributed by atoms with Crippen LogP contribution in [-0.4, -0.2) is 11.2 Å². The van der Waals surface area contributed by atoms with Crippen LogP contribution in [-0.2, 0) is 6.42 Å². The summed E-state index contributed by atoms with van der Waals surface area (Å²) >= 11 is 0. The van der Waals surface area contributed by atoms with Crippen LogP contribution in [0, 0.1) is 0 Å². The molecule has 98 valence electrons. The van der Waals surface area contributed by atoms with Gasteiger partial charge >= 0.3 is 0 Å². The number of hydrogen-bond donors (Lipinski definition) is 1. The van der Waals surface area contributed by atoms with Crippen LogP contribution >= 0.6 is 0 Å². The SMILES string of the molecule is CC(O)Cc1cc2cccc3ccc4cccc1c4c32. The van der Waals surface area contributed by atoms with Crippen molar-refractivity contribution in [1.29, 1.82) is 0 Å². The molecule has 1 unspecified atom stereocenters. The average Bonchev–Trinajstić information content (AvgIpc) is 2.45. The summed E-state index contributed by atoms with van der Waals surface area (Å²) in [5, 5.41) is 17.5. The van der Waals surface area contributed by atoms with Crippen LogP contribution < -0.4 is 0 Å². The zero-order valence-electron chi connectivity index (χ0n) is 11.4. The molecule has 0 aliphatic heterocycles. The monoisotopic (exact) mass is 260 g/mol. The van der Waals surface area contributed by atoms with Gasteiger partial charge in [-0.2, -0.15) is 0 Å². The molecule has 0 fully saturated rings. The number of benzene rings is 4. The maximum atomic E-state index is 9.76. The summed E-state index contributed by atoms with van der Waals surface area (Å²) in [6.45, 7) is 1.85. The highest BCUT2D eigenvalue weighted by Crippen LogP contribution is 2.36. The molecule has 0 aliphatic rings. The third kappa shape index (κ3) is 1.60. The van der Waals surface area contributed by atoms with E-state index in [1.54, 1.807) is 0 Å². The Bertz CT molecular complexity index is 905. The van der Waals surface area contributed by atoms with E-state index in [1.165, 1.54) is 37.9 Å². The first-order valence-corrected chi connectivity index (χ1v) is 7.07. The predicted octanol–water partition coefficient (Wildman–Crippen LogP) is 4.51. The number of aliphatic hydroxyl groups is 1. The van der Waals surface area contributed by atoms with Crippen molar-refractivity contribution in [2.24, 2.45) is 0 Å². The topological polar surface area (TPSA) is 20.2 Å². The fourth-order valence-corrected chi connectivity index (χ4v) is 3.32. The minimum absolute atomic E-state index is 0.319. The van der Waals surface area contributed by atoms with E-state index in [1.807, 2.05) is 6.92 Å². The molecule has 1 atom stereocenters. The second-order valence-corrected chi connectivity index (χ2v) is 5.64. The lowest BCUT2D eigenvalue weighted by Crippen LogP contribution is -2.05. The number of rotatable bonds is 2. The van der Waals surface area contributed by atoms with Crippen molar-refractivity contribution in [3.8, 4) is 0 Å². The van der Waals surface area contributed by atoms with Crippen LogP contribution in [0.3, 0.4) is 0 Å². The molecule has 0 heterocycles. The van der Waals surface area contributed by atoms with Gasteiger partial charge < -0.3 is 5.11 Å². The standard InChI is InChI=1S/C19H16O/c1-12(20)10-16-11-15-6-2-4-13-8-9-14-5-3-7-17(16)19(14)18(13)15/h2-9,11-12,20H,10H2,1H3. The van der Waals surface area contributed by atoms with E-state index in [4.69, 9.17) is 0 Å². The minimum atomic E-state index is -0.319. The van der Waals surface area contributed by atoms with Gasteiger partial charge in [0, 0.05) is 0 Å². The zero-order valence-corrected chi connectivity index (χ0v) is 11.4. The van der Waals surface area contributed by atoms with E-state index in [-0.39, 0.29) is 6.10 Å². The predicted molar refractivity (Wildman–Crippen MR) is 85.5 cm³/mol. The second-order valence-electron chi connectivity index (χ2n) is 5.64. The molecule has 0 saturated carbocycles. The van der Waals surface area contributed by atoms with Gasteiger partial charge in [-0.1, -0.05) is 54.6 Å². The molecule has 0 spiro atoms. The largest absolute Gasteiger partial charge is 0.393 e. The van der Waals surface area contributed by atoms with E-state index in [2.05, 4.69) is 54.6 Å². The Hall–Kier alpha value is -2.12.